The van der Waals surface area contributed by atoms with Gasteiger partial charge in [-0.3, -0.25) is 19.4 Å². The summed E-state index contributed by atoms with van der Waals surface area (Å²) in [6, 6.07) is 14.8. The van der Waals surface area contributed by atoms with Crippen molar-refractivity contribution < 1.29 is 24.2 Å². The van der Waals surface area contributed by atoms with Gasteiger partial charge in [0.05, 0.1) is 16.5 Å². The van der Waals surface area contributed by atoms with E-state index in [9.17, 15) is 14.4 Å². The van der Waals surface area contributed by atoms with Crippen LogP contribution in [0.15, 0.2) is 48.5 Å². The van der Waals surface area contributed by atoms with Gasteiger partial charge in [0.15, 0.2) is 5.75 Å². The molecule has 145 valence electrons. The SMILES string of the molecule is CCc1c(C(=O)C(N)=O)c2c(OOC(C)=O)cccc2n1Cc1ccccc1.[Na]. The molecule has 3 rings (SSSR count). The third-order valence-corrected chi connectivity index (χ3v) is 4.38. The maximum Gasteiger partial charge on any atom is 0.352 e. The number of rotatable bonds is 7. The van der Waals surface area contributed by atoms with Gasteiger partial charge >= 0.3 is 5.97 Å². The smallest absolute Gasteiger partial charge is 0.352 e. The number of nitrogens with two attached hydrogens (primary N) is 1. The molecule has 0 atom stereocenters. The van der Waals surface area contributed by atoms with E-state index in [1.54, 1.807) is 12.1 Å². The molecule has 2 N–H and O–H groups in total. The second-order valence-electron chi connectivity index (χ2n) is 6.25. The number of Topliss-reactive ketones (excluding diaryl/α,β-unsaturated/α-hetero) is 1. The number of carbonyl (C=O) groups is 3. The van der Waals surface area contributed by atoms with Crippen molar-refractivity contribution in [2.75, 3.05) is 0 Å². The summed E-state index contributed by atoms with van der Waals surface area (Å²) in [4.78, 5) is 45.3. The zero-order chi connectivity index (χ0) is 20.3. The van der Waals surface area contributed by atoms with Crippen LogP contribution in [0.5, 0.6) is 5.75 Å². The van der Waals surface area contributed by atoms with Gasteiger partial charge in [-0.1, -0.05) is 43.3 Å². The van der Waals surface area contributed by atoms with Gasteiger partial charge in [-0.2, -0.15) is 0 Å². The Morgan fingerprint density at radius 3 is 2.31 bits per heavy atom. The zero-order valence-electron chi connectivity index (χ0n) is 16.6. The summed E-state index contributed by atoms with van der Waals surface area (Å²) >= 11 is 0. The van der Waals surface area contributed by atoms with E-state index in [-0.39, 0.29) is 40.9 Å². The van der Waals surface area contributed by atoms with Crippen molar-refractivity contribution in [1.82, 2.24) is 4.57 Å². The standard InChI is InChI=1S/C21H20N2O5.Na/c1-3-15-19(20(25)21(22)26)18-16(10-7-11-17(18)28-27-13(2)24)23(15)12-14-8-5-4-6-9-14;/h4-11H,3,12H2,1-2H3,(H2,22,26);. The van der Waals surface area contributed by atoms with Crippen LogP contribution < -0.4 is 10.6 Å². The molecule has 0 aliphatic heterocycles. The van der Waals surface area contributed by atoms with Crippen molar-refractivity contribution in [2.24, 2.45) is 5.73 Å². The fraction of sp³-hybridized carbons (Fsp3) is 0.190. The fourth-order valence-corrected chi connectivity index (χ4v) is 3.28. The minimum Gasteiger partial charge on any atom is -0.363 e. The summed E-state index contributed by atoms with van der Waals surface area (Å²) < 4.78 is 1.95. The summed E-state index contributed by atoms with van der Waals surface area (Å²) in [6.45, 7) is 3.58. The molecule has 0 spiro atoms. The predicted octanol–water partition coefficient (Wildman–Crippen LogP) is 2.40. The molecule has 1 aromatic heterocycles. The number of amides is 1. The third kappa shape index (κ3) is 4.70. The van der Waals surface area contributed by atoms with Crippen LogP contribution in [-0.2, 0) is 27.4 Å². The quantitative estimate of drug-likeness (QED) is 0.215. The van der Waals surface area contributed by atoms with Gasteiger partial charge in [0.2, 0.25) is 0 Å². The minimum absolute atomic E-state index is 0. The van der Waals surface area contributed by atoms with Crippen LogP contribution in [0.1, 0.15) is 35.5 Å². The fourth-order valence-electron chi connectivity index (χ4n) is 3.28. The Balaban J connectivity index is 0.00000300. The van der Waals surface area contributed by atoms with Crippen LogP contribution in [0.4, 0.5) is 0 Å². The molecule has 8 heteroatoms. The largest absolute Gasteiger partial charge is 0.363 e. The summed E-state index contributed by atoms with van der Waals surface area (Å²) in [5, 5.41) is 0.389. The third-order valence-electron chi connectivity index (χ3n) is 4.38. The van der Waals surface area contributed by atoms with Crippen LogP contribution in [0.25, 0.3) is 10.9 Å². The van der Waals surface area contributed by atoms with Crippen molar-refractivity contribution >= 4 is 58.1 Å². The van der Waals surface area contributed by atoms with E-state index in [4.69, 9.17) is 10.6 Å². The molecule has 1 amide bonds. The molecular weight excluding hydrogens is 383 g/mol. The van der Waals surface area contributed by atoms with Crippen LogP contribution in [0.2, 0.25) is 0 Å². The van der Waals surface area contributed by atoms with Gasteiger partial charge in [-0.25, -0.2) is 4.79 Å². The number of nitrogens with zero attached hydrogens (tertiary/aromatic N) is 1. The van der Waals surface area contributed by atoms with E-state index in [0.29, 0.717) is 29.6 Å². The van der Waals surface area contributed by atoms with Gasteiger partial charge < -0.3 is 10.3 Å². The number of hydrogen-bond donors (Lipinski definition) is 1. The van der Waals surface area contributed by atoms with E-state index < -0.39 is 17.7 Å². The monoisotopic (exact) mass is 403 g/mol. The number of carbonyl (C=O) groups excluding carboxylic acids is 3. The predicted molar refractivity (Wildman–Crippen MR) is 109 cm³/mol. The first-order valence-electron chi connectivity index (χ1n) is 8.81. The van der Waals surface area contributed by atoms with Crippen LogP contribution in [0, 0.1) is 0 Å². The van der Waals surface area contributed by atoms with Gasteiger partial charge in [-0.05, 0) is 24.1 Å². The number of primary amides is 1. The van der Waals surface area contributed by atoms with Crippen molar-refractivity contribution in [3.05, 3.63) is 65.4 Å². The van der Waals surface area contributed by atoms with Gasteiger partial charge in [0, 0.05) is 48.7 Å². The average Bonchev–Trinajstić information content (AvgIpc) is 3.00. The molecule has 3 aromatic rings. The van der Waals surface area contributed by atoms with E-state index in [1.807, 2.05) is 47.9 Å². The van der Waals surface area contributed by atoms with Crippen LogP contribution in [-0.4, -0.2) is 51.8 Å². The Kier molecular flexibility index (Phi) is 7.61. The molecule has 29 heavy (non-hydrogen) atoms. The molecule has 0 aliphatic carbocycles. The number of benzene rings is 2. The summed E-state index contributed by atoms with van der Waals surface area (Å²) in [5.74, 6) is -2.35. The molecule has 0 fully saturated rings. The summed E-state index contributed by atoms with van der Waals surface area (Å²) in [6.07, 6.45) is 0.489. The number of aromatic nitrogens is 1. The second-order valence-corrected chi connectivity index (χ2v) is 6.25. The van der Waals surface area contributed by atoms with Crippen LogP contribution in [0.3, 0.4) is 0 Å². The molecule has 0 saturated heterocycles. The Bertz CT molecular complexity index is 1060. The van der Waals surface area contributed by atoms with E-state index in [1.165, 1.54) is 6.92 Å². The molecule has 1 radical (unpaired) electrons. The first kappa shape index (κ1) is 22.7. The first-order chi connectivity index (χ1) is 13.4. The molecule has 0 bridgehead atoms. The first-order valence-corrected chi connectivity index (χ1v) is 8.81. The van der Waals surface area contributed by atoms with Crippen molar-refractivity contribution in [2.45, 2.75) is 26.8 Å². The van der Waals surface area contributed by atoms with E-state index in [2.05, 4.69) is 4.89 Å². The average molecular weight is 403 g/mol. The summed E-state index contributed by atoms with van der Waals surface area (Å²) in [5.41, 5.74) is 7.82. The molecule has 7 nitrogen and oxygen atoms in total. The normalized spacial score (nSPS) is 10.3. The Morgan fingerprint density at radius 1 is 1.03 bits per heavy atom. The minimum atomic E-state index is -1.06. The number of ketones is 1. The maximum absolute atomic E-state index is 12.6. The maximum atomic E-state index is 12.6. The molecular formula is C21H20N2NaO5. The molecule has 0 unspecified atom stereocenters. The molecule has 0 saturated carbocycles. The molecule has 1 heterocycles. The topological polar surface area (TPSA) is 101 Å². The summed E-state index contributed by atoms with van der Waals surface area (Å²) in [7, 11) is 0. The Hall–Kier alpha value is -2.61. The molecule has 2 aromatic carbocycles. The van der Waals surface area contributed by atoms with Gasteiger partial charge in [0.1, 0.15) is 0 Å². The molecule has 0 aliphatic rings. The zero-order valence-corrected chi connectivity index (χ0v) is 18.6. The van der Waals surface area contributed by atoms with Crippen LogP contribution >= 0.6 is 0 Å². The van der Waals surface area contributed by atoms with Crippen molar-refractivity contribution in [3.8, 4) is 5.75 Å². The van der Waals surface area contributed by atoms with Crippen molar-refractivity contribution in [3.63, 3.8) is 0 Å². The van der Waals surface area contributed by atoms with E-state index in [0.717, 1.165) is 5.56 Å². The second kappa shape index (κ2) is 9.73. The van der Waals surface area contributed by atoms with Gasteiger partial charge in [0.25, 0.3) is 11.7 Å². The number of hydrogen-bond acceptors (Lipinski definition) is 5. The van der Waals surface area contributed by atoms with Gasteiger partial charge in [-0.15, -0.1) is 0 Å². The van der Waals surface area contributed by atoms with Crippen molar-refractivity contribution in [1.29, 1.82) is 0 Å². The Labute approximate surface area is 190 Å². The Morgan fingerprint density at radius 2 is 1.72 bits per heavy atom. The van der Waals surface area contributed by atoms with E-state index >= 15 is 0 Å². The number of fused-ring (bicyclic) bond motifs is 1.